The summed E-state index contributed by atoms with van der Waals surface area (Å²) in [5.41, 5.74) is 10.3. The van der Waals surface area contributed by atoms with E-state index in [4.69, 9.17) is 35.2 Å². The van der Waals surface area contributed by atoms with E-state index in [1.54, 1.807) is 11.3 Å². The van der Waals surface area contributed by atoms with E-state index in [0.717, 1.165) is 111 Å². The molecule has 0 aromatic carbocycles. The molecule has 1 spiro atoms. The molecule has 0 unspecified atom stereocenters. The molecule has 2 fully saturated rings. The van der Waals surface area contributed by atoms with Crippen molar-refractivity contribution in [3.05, 3.63) is 33.5 Å². The fraction of sp³-hybridized carbons (Fsp3) is 0.594. The highest BCUT2D eigenvalue weighted by molar-refractivity contribution is 7.16. The molecule has 4 aromatic heterocycles. The summed E-state index contributed by atoms with van der Waals surface area (Å²) in [7, 11) is 2.20. The van der Waals surface area contributed by atoms with Gasteiger partial charge in [0.1, 0.15) is 16.9 Å². The van der Waals surface area contributed by atoms with Crippen molar-refractivity contribution in [2.75, 3.05) is 50.5 Å². The van der Waals surface area contributed by atoms with Gasteiger partial charge in [-0.2, -0.15) is 10.4 Å². The SMILES string of the molecule is C[C@@H]([C@@H]1CCCN1C)n1ncc2c(N3CCCOCC3)nc(-c3noc4c3CCC[C@@]43CCCc4sc(N)c(C#N)c43)nc21. The molecule has 4 aliphatic rings. The van der Waals surface area contributed by atoms with Crippen LogP contribution in [0.2, 0.25) is 0 Å². The lowest BCUT2D eigenvalue weighted by molar-refractivity contribution is 0.152. The lowest BCUT2D eigenvalue weighted by atomic mass is 9.63. The summed E-state index contributed by atoms with van der Waals surface area (Å²) < 4.78 is 14.2. The zero-order valence-corrected chi connectivity index (χ0v) is 26.3. The number of hydrogen-bond acceptors (Lipinski definition) is 11. The van der Waals surface area contributed by atoms with Crippen LogP contribution in [0.3, 0.4) is 0 Å². The Labute approximate surface area is 261 Å². The van der Waals surface area contributed by atoms with E-state index in [0.29, 0.717) is 34.7 Å². The summed E-state index contributed by atoms with van der Waals surface area (Å²) in [6, 6.07) is 2.98. The largest absolute Gasteiger partial charge is 0.389 e. The summed E-state index contributed by atoms with van der Waals surface area (Å²) in [6.07, 6.45) is 10.9. The number of aryl methyl sites for hydroxylation is 1. The summed E-state index contributed by atoms with van der Waals surface area (Å²) in [6.45, 7) is 6.38. The van der Waals surface area contributed by atoms with Gasteiger partial charge in [-0.1, -0.05) is 5.16 Å². The number of aromatic nitrogens is 5. The lowest BCUT2D eigenvalue weighted by Crippen LogP contribution is -2.35. The Morgan fingerprint density at radius 2 is 1.98 bits per heavy atom. The zero-order valence-electron chi connectivity index (χ0n) is 25.5. The molecular weight excluding hydrogens is 574 g/mol. The fourth-order valence-corrected chi connectivity index (χ4v) is 9.60. The maximum Gasteiger partial charge on any atom is 0.186 e. The molecule has 2 aliphatic heterocycles. The summed E-state index contributed by atoms with van der Waals surface area (Å²) in [5, 5.41) is 21.3. The van der Waals surface area contributed by atoms with E-state index in [1.807, 2.05) is 6.20 Å². The molecule has 0 bridgehead atoms. The Kier molecular flexibility index (Phi) is 6.88. The first-order chi connectivity index (χ1) is 21.5. The smallest absolute Gasteiger partial charge is 0.186 e. The number of fused-ring (bicyclic) bond motifs is 5. The highest BCUT2D eigenvalue weighted by Crippen LogP contribution is 2.55. The van der Waals surface area contributed by atoms with E-state index < -0.39 is 0 Å². The van der Waals surface area contributed by atoms with Crippen LogP contribution in [0, 0.1) is 11.3 Å². The standard InChI is InChI=1S/C32H39N9O2S/c1-19(23-8-5-12-39(23)2)41-31-22(18-35-41)30(40-13-6-15-42-16-14-40)36-29(37-31)26-20-7-3-10-32(27(20)43-38-26)11-4-9-24-25(32)21(17-33)28(34)44-24/h18-19,23H,3-16,34H2,1-2H3/t19-,23-,32-/m0/s1. The molecule has 2 N–H and O–H groups in total. The minimum atomic E-state index is -0.385. The van der Waals surface area contributed by atoms with E-state index in [-0.39, 0.29) is 11.5 Å². The van der Waals surface area contributed by atoms with Crippen LogP contribution in [-0.4, -0.2) is 75.7 Å². The zero-order chi connectivity index (χ0) is 30.0. The number of hydrogen-bond donors (Lipinski definition) is 1. The van der Waals surface area contributed by atoms with Crippen molar-refractivity contribution in [1.82, 2.24) is 29.8 Å². The van der Waals surface area contributed by atoms with E-state index in [1.165, 1.54) is 11.3 Å². The van der Waals surface area contributed by atoms with Gasteiger partial charge in [0, 0.05) is 36.2 Å². The molecule has 2 aliphatic carbocycles. The molecule has 4 aromatic rings. The third kappa shape index (κ3) is 4.19. The molecule has 0 saturated carbocycles. The van der Waals surface area contributed by atoms with Gasteiger partial charge in [0.25, 0.3) is 0 Å². The van der Waals surface area contributed by atoms with Crippen LogP contribution < -0.4 is 10.6 Å². The maximum atomic E-state index is 10.1. The van der Waals surface area contributed by atoms with E-state index >= 15 is 0 Å². The number of anilines is 2. The van der Waals surface area contributed by atoms with Crippen molar-refractivity contribution in [1.29, 1.82) is 5.26 Å². The molecule has 44 heavy (non-hydrogen) atoms. The number of rotatable bonds is 4. The molecular formula is C32H39N9O2S. The number of nitrogens with zero attached hydrogens (tertiary/aromatic N) is 8. The second kappa shape index (κ2) is 10.8. The minimum Gasteiger partial charge on any atom is -0.389 e. The molecule has 0 amide bonds. The van der Waals surface area contributed by atoms with Gasteiger partial charge in [-0.25, -0.2) is 14.6 Å². The number of nitriles is 1. The number of likely N-dealkylation sites (N-methyl/N-ethyl adjacent to an activating group) is 1. The third-order valence-electron chi connectivity index (χ3n) is 10.5. The second-order valence-electron chi connectivity index (χ2n) is 13.0. The Bertz CT molecular complexity index is 1760. The number of thiophene rings is 1. The molecule has 3 atom stereocenters. The average Bonchev–Trinajstić information content (AvgIpc) is 3.79. The maximum absolute atomic E-state index is 10.1. The fourth-order valence-electron chi connectivity index (χ4n) is 8.44. The Morgan fingerprint density at radius 1 is 1.11 bits per heavy atom. The van der Waals surface area contributed by atoms with Crippen molar-refractivity contribution in [3.8, 4) is 17.6 Å². The molecule has 6 heterocycles. The van der Waals surface area contributed by atoms with Crippen molar-refractivity contribution in [2.45, 2.75) is 82.2 Å². The monoisotopic (exact) mass is 613 g/mol. The normalized spacial score (nSPS) is 24.8. The van der Waals surface area contributed by atoms with Gasteiger partial charge in [0.2, 0.25) is 0 Å². The summed E-state index contributed by atoms with van der Waals surface area (Å²) >= 11 is 1.56. The van der Waals surface area contributed by atoms with Crippen LogP contribution in [0.4, 0.5) is 10.8 Å². The van der Waals surface area contributed by atoms with Crippen LogP contribution in [0.5, 0.6) is 0 Å². The van der Waals surface area contributed by atoms with Gasteiger partial charge < -0.3 is 24.8 Å². The Balaban J connectivity index is 1.29. The first-order valence-electron chi connectivity index (χ1n) is 16.1. The van der Waals surface area contributed by atoms with Gasteiger partial charge >= 0.3 is 0 Å². The average molecular weight is 614 g/mol. The Morgan fingerprint density at radius 3 is 2.80 bits per heavy atom. The molecule has 0 radical (unpaired) electrons. The lowest BCUT2D eigenvalue weighted by Gasteiger charge is -2.39. The predicted octanol–water partition coefficient (Wildman–Crippen LogP) is 4.84. The molecule has 12 heteroatoms. The highest BCUT2D eigenvalue weighted by atomic mass is 32.1. The molecule has 230 valence electrons. The van der Waals surface area contributed by atoms with Crippen LogP contribution in [0.1, 0.15) is 85.2 Å². The third-order valence-corrected chi connectivity index (χ3v) is 11.6. The number of nitrogens with two attached hydrogens (primary N) is 1. The molecule has 8 rings (SSSR count). The highest BCUT2D eigenvalue weighted by Gasteiger charge is 2.49. The first kappa shape index (κ1) is 28.0. The quantitative estimate of drug-likeness (QED) is 0.341. The van der Waals surface area contributed by atoms with Gasteiger partial charge in [-0.05, 0) is 83.9 Å². The summed E-state index contributed by atoms with van der Waals surface area (Å²) in [5.74, 6) is 2.33. The van der Waals surface area contributed by atoms with Crippen LogP contribution in [-0.2, 0) is 23.0 Å². The van der Waals surface area contributed by atoms with E-state index in [9.17, 15) is 5.26 Å². The summed E-state index contributed by atoms with van der Waals surface area (Å²) in [4.78, 5) is 16.4. The van der Waals surface area contributed by atoms with Gasteiger partial charge in [0.15, 0.2) is 22.9 Å². The topological polar surface area (TPSA) is 135 Å². The van der Waals surface area contributed by atoms with Crippen LogP contribution in [0.15, 0.2) is 10.7 Å². The molecule has 2 saturated heterocycles. The van der Waals surface area contributed by atoms with E-state index in [2.05, 4.69) is 34.5 Å². The number of likely N-dealkylation sites (tertiary alicyclic amines) is 1. The number of nitrogen functional groups attached to an aromatic ring is 1. The molecule has 11 nitrogen and oxygen atoms in total. The second-order valence-corrected chi connectivity index (χ2v) is 14.1. The Hall–Kier alpha value is -3.53. The van der Waals surface area contributed by atoms with Gasteiger partial charge in [-0.15, -0.1) is 11.3 Å². The van der Waals surface area contributed by atoms with Crippen molar-refractivity contribution >= 4 is 33.2 Å². The van der Waals surface area contributed by atoms with Crippen molar-refractivity contribution in [3.63, 3.8) is 0 Å². The minimum absolute atomic E-state index is 0.159. The first-order valence-corrected chi connectivity index (χ1v) is 16.9. The van der Waals surface area contributed by atoms with Crippen molar-refractivity contribution in [2.24, 2.45) is 0 Å². The van der Waals surface area contributed by atoms with Gasteiger partial charge in [0.05, 0.1) is 35.2 Å². The predicted molar refractivity (Wildman–Crippen MR) is 169 cm³/mol. The van der Waals surface area contributed by atoms with Crippen LogP contribution in [0.25, 0.3) is 22.6 Å². The van der Waals surface area contributed by atoms with Crippen molar-refractivity contribution < 1.29 is 9.26 Å². The van der Waals surface area contributed by atoms with Crippen LogP contribution >= 0.6 is 11.3 Å². The number of ether oxygens (including phenoxy) is 1. The van der Waals surface area contributed by atoms with Gasteiger partial charge in [-0.3, -0.25) is 0 Å².